The second-order valence-corrected chi connectivity index (χ2v) is 7.38. The van der Waals surface area contributed by atoms with E-state index in [-0.39, 0.29) is 12.6 Å². The Morgan fingerprint density at radius 3 is 2.57 bits per heavy atom. The number of alkyl carbamates (subject to hydrolysis) is 1. The maximum atomic E-state index is 13.1. The number of ether oxygens (including phenoxy) is 1. The maximum Gasteiger partial charge on any atom is 0.416 e. The molecule has 0 saturated heterocycles. The number of amides is 1. The van der Waals surface area contributed by atoms with Gasteiger partial charge in [0, 0.05) is 11.7 Å². The second-order valence-electron chi connectivity index (χ2n) is 7.38. The molecular weight excluding hydrogens is 369 g/mol. The van der Waals surface area contributed by atoms with Crippen LogP contribution in [0.1, 0.15) is 42.0 Å². The zero-order valence-electron chi connectivity index (χ0n) is 15.1. The summed E-state index contributed by atoms with van der Waals surface area (Å²) in [7, 11) is 0. The van der Waals surface area contributed by atoms with E-state index < -0.39 is 23.9 Å². The van der Waals surface area contributed by atoms with Crippen molar-refractivity contribution in [2.75, 3.05) is 5.32 Å². The van der Waals surface area contributed by atoms with E-state index in [4.69, 9.17) is 4.74 Å². The van der Waals surface area contributed by atoms with Gasteiger partial charge in [0.05, 0.1) is 11.6 Å². The third-order valence-corrected chi connectivity index (χ3v) is 5.28. The number of hydrogen-bond acceptors (Lipinski definition) is 3. The van der Waals surface area contributed by atoms with Crippen LogP contribution in [-0.4, -0.2) is 12.1 Å². The number of rotatable bonds is 4. The summed E-state index contributed by atoms with van der Waals surface area (Å²) in [5.74, 6) is 0.500. The van der Waals surface area contributed by atoms with Crippen molar-refractivity contribution in [3.63, 3.8) is 0 Å². The van der Waals surface area contributed by atoms with E-state index >= 15 is 0 Å². The highest BCUT2D eigenvalue weighted by molar-refractivity contribution is 5.69. The number of halogens is 3. The van der Waals surface area contributed by atoms with E-state index in [2.05, 4.69) is 10.6 Å². The van der Waals surface area contributed by atoms with Gasteiger partial charge in [-0.05, 0) is 54.5 Å². The fourth-order valence-electron chi connectivity index (χ4n) is 3.65. The fourth-order valence-corrected chi connectivity index (χ4v) is 3.65. The van der Waals surface area contributed by atoms with Crippen LogP contribution in [0.2, 0.25) is 0 Å². The molecule has 2 aliphatic rings. The highest BCUT2D eigenvalue weighted by Gasteiger charge is 2.39. The van der Waals surface area contributed by atoms with Gasteiger partial charge >= 0.3 is 12.3 Å². The number of fused-ring (bicyclic) bond motifs is 1. The van der Waals surface area contributed by atoms with E-state index in [0.717, 1.165) is 30.5 Å². The van der Waals surface area contributed by atoms with E-state index in [1.807, 2.05) is 30.3 Å². The lowest BCUT2D eigenvalue weighted by Crippen LogP contribution is -2.38. The van der Waals surface area contributed by atoms with Crippen molar-refractivity contribution in [1.82, 2.24) is 5.32 Å². The van der Waals surface area contributed by atoms with Crippen LogP contribution < -0.4 is 10.6 Å². The molecule has 7 heteroatoms. The van der Waals surface area contributed by atoms with Crippen molar-refractivity contribution < 1.29 is 22.7 Å². The number of nitrogens with one attached hydrogen (secondary N) is 2. The monoisotopic (exact) mass is 390 g/mol. The Labute approximate surface area is 161 Å². The Morgan fingerprint density at radius 2 is 1.89 bits per heavy atom. The third-order valence-electron chi connectivity index (χ3n) is 5.28. The number of hydrogen-bond donors (Lipinski definition) is 2. The molecule has 28 heavy (non-hydrogen) atoms. The molecule has 0 bridgehead atoms. The first kappa shape index (κ1) is 18.7. The first-order valence-electron chi connectivity index (χ1n) is 9.35. The fraction of sp³-hybridized carbons (Fsp3) is 0.381. The molecule has 0 aromatic heterocycles. The quantitative estimate of drug-likeness (QED) is 0.748. The molecule has 4 nitrogen and oxygen atoms in total. The molecule has 4 rings (SSSR count). The first-order valence-corrected chi connectivity index (χ1v) is 9.35. The van der Waals surface area contributed by atoms with Crippen LogP contribution in [0.3, 0.4) is 0 Å². The molecule has 2 N–H and O–H groups in total. The maximum absolute atomic E-state index is 13.1. The summed E-state index contributed by atoms with van der Waals surface area (Å²) in [6.45, 7) is 0.110. The second kappa shape index (κ2) is 7.37. The predicted molar refractivity (Wildman–Crippen MR) is 98.7 cm³/mol. The number of benzene rings is 2. The van der Waals surface area contributed by atoms with Crippen LogP contribution in [0.15, 0.2) is 48.5 Å². The molecule has 148 valence electrons. The molecule has 1 heterocycles. The van der Waals surface area contributed by atoms with Gasteiger partial charge in [-0.25, -0.2) is 4.79 Å². The van der Waals surface area contributed by atoms with Crippen LogP contribution in [0.25, 0.3) is 0 Å². The van der Waals surface area contributed by atoms with Crippen LogP contribution in [-0.2, 0) is 17.5 Å². The summed E-state index contributed by atoms with van der Waals surface area (Å²) < 4.78 is 44.7. The Morgan fingerprint density at radius 1 is 1.14 bits per heavy atom. The Kier molecular flexibility index (Phi) is 4.91. The number of carbonyl (C=O) groups is 1. The molecule has 1 amide bonds. The van der Waals surface area contributed by atoms with Gasteiger partial charge in [0.15, 0.2) is 0 Å². The minimum Gasteiger partial charge on any atom is -0.445 e. The summed E-state index contributed by atoms with van der Waals surface area (Å²) >= 11 is 0. The van der Waals surface area contributed by atoms with Crippen molar-refractivity contribution in [2.24, 2.45) is 5.92 Å². The van der Waals surface area contributed by atoms with Crippen molar-refractivity contribution in [3.05, 3.63) is 65.2 Å². The summed E-state index contributed by atoms with van der Waals surface area (Å²) in [4.78, 5) is 12.3. The van der Waals surface area contributed by atoms with Gasteiger partial charge < -0.3 is 15.4 Å². The van der Waals surface area contributed by atoms with E-state index in [0.29, 0.717) is 23.6 Å². The van der Waals surface area contributed by atoms with Crippen molar-refractivity contribution in [1.29, 1.82) is 0 Å². The normalized spacial score (nSPS) is 21.4. The number of alkyl halides is 3. The molecule has 1 saturated carbocycles. The van der Waals surface area contributed by atoms with Crippen molar-refractivity contribution in [3.8, 4) is 0 Å². The summed E-state index contributed by atoms with van der Waals surface area (Å²) in [5.41, 5.74) is 1.22. The lowest BCUT2D eigenvalue weighted by Gasteiger charge is -2.34. The predicted octanol–water partition coefficient (Wildman–Crippen LogP) is 5.27. The van der Waals surface area contributed by atoms with Gasteiger partial charge in [0.2, 0.25) is 0 Å². The minimum absolute atomic E-state index is 0.110. The summed E-state index contributed by atoms with van der Waals surface area (Å²) in [5, 5.41) is 6.11. The largest absolute Gasteiger partial charge is 0.445 e. The number of carbonyl (C=O) groups excluding carboxylic acids is 1. The van der Waals surface area contributed by atoms with Gasteiger partial charge in [-0.1, -0.05) is 30.3 Å². The lowest BCUT2D eigenvalue weighted by atomic mass is 9.89. The molecule has 1 aliphatic heterocycles. The van der Waals surface area contributed by atoms with Crippen LogP contribution in [0, 0.1) is 5.92 Å². The molecule has 2 aromatic rings. The van der Waals surface area contributed by atoms with Crippen LogP contribution in [0.5, 0.6) is 0 Å². The van der Waals surface area contributed by atoms with Gasteiger partial charge in [0.25, 0.3) is 0 Å². The minimum atomic E-state index is -4.43. The zero-order valence-corrected chi connectivity index (χ0v) is 15.1. The standard InChI is InChI=1S/C21H21F3N2O2/c22-21(23,24)15-8-9-17-16(10-15)19(11-18(25-17)14-6-7-14)26-20(27)28-12-13-4-2-1-3-5-13/h1-5,8-10,14,18-19,25H,6-7,11-12H2,(H,26,27)/t18-,19-/m1/s1. The van der Waals surface area contributed by atoms with Gasteiger partial charge in [-0.2, -0.15) is 13.2 Å². The van der Waals surface area contributed by atoms with E-state index in [1.165, 1.54) is 6.07 Å². The topological polar surface area (TPSA) is 50.4 Å². The number of anilines is 1. The van der Waals surface area contributed by atoms with Gasteiger partial charge in [-0.15, -0.1) is 0 Å². The lowest BCUT2D eigenvalue weighted by molar-refractivity contribution is -0.137. The highest BCUT2D eigenvalue weighted by Crippen LogP contribution is 2.44. The Hall–Kier alpha value is -2.70. The highest BCUT2D eigenvalue weighted by atomic mass is 19.4. The van der Waals surface area contributed by atoms with Gasteiger partial charge in [-0.3, -0.25) is 0 Å². The van der Waals surface area contributed by atoms with Crippen LogP contribution in [0.4, 0.5) is 23.7 Å². The molecule has 2 atom stereocenters. The first-order chi connectivity index (χ1) is 13.4. The average molecular weight is 390 g/mol. The third kappa shape index (κ3) is 4.24. The molecule has 0 radical (unpaired) electrons. The zero-order chi connectivity index (χ0) is 19.7. The van der Waals surface area contributed by atoms with Crippen molar-refractivity contribution in [2.45, 2.75) is 44.1 Å². The smallest absolute Gasteiger partial charge is 0.416 e. The summed E-state index contributed by atoms with van der Waals surface area (Å²) in [6, 6.07) is 12.5. The van der Waals surface area contributed by atoms with E-state index in [9.17, 15) is 18.0 Å². The molecule has 2 aromatic carbocycles. The molecular formula is C21H21F3N2O2. The van der Waals surface area contributed by atoms with E-state index in [1.54, 1.807) is 0 Å². The van der Waals surface area contributed by atoms with Gasteiger partial charge in [0.1, 0.15) is 6.61 Å². The molecule has 1 aliphatic carbocycles. The molecule has 1 fully saturated rings. The Bertz CT molecular complexity index is 850. The van der Waals surface area contributed by atoms with Crippen molar-refractivity contribution >= 4 is 11.8 Å². The Balaban J connectivity index is 1.50. The SMILES string of the molecule is O=C(N[C@@H]1C[C@H](C2CC2)Nc2ccc(C(F)(F)F)cc21)OCc1ccccc1. The summed E-state index contributed by atoms with van der Waals surface area (Å²) in [6.07, 6.45) is -2.33. The molecule has 0 spiro atoms. The molecule has 0 unspecified atom stereocenters. The van der Waals surface area contributed by atoms with Crippen LogP contribution >= 0.6 is 0 Å². The average Bonchev–Trinajstić information content (AvgIpc) is 3.51.